The lowest BCUT2D eigenvalue weighted by Gasteiger charge is -2.06. The van der Waals surface area contributed by atoms with Crippen LogP contribution >= 0.6 is 11.6 Å². The van der Waals surface area contributed by atoms with Gasteiger partial charge in [-0.2, -0.15) is 0 Å². The van der Waals surface area contributed by atoms with Crippen LogP contribution < -0.4 is 5.56 Å². The molecule has 4 aromatic rings. The number of H-pyrrole nitrogens is 1. The zero-order chi connectivity index (χ0) is 11.1. The van der Waals surface area contributed by atoms with E-state index in [0.29, 0.717) is 21.7 Å². The Bertz CT molecular complexity index is 705. The molecule has 0 spiro atoms. The van der Waals surface area contributed by atoms with Gasteiger partial charge in [0.15, 0.2) is 0 Å². The van der Waals surface area contributed by atoms with Gasteiger partial charge in [0, 0.05) is 10.6 Å². The average Bonchev–Trinajstić information content (AvgIpc) is 2.29. The van der Waals surface area contributed by atoms with Crippen LogP contribution in [0.1, 0.15) is 0 Å². The summed E-state index contributed by atoms with van der Waals surface area (Å²) in [6.07, 6.45) is 0. The fourth-order valence-electron chi connectivity index (χ4n) is 1.75. The molecule has 0 fully saturated rings. The van der Waals surface area contributed by atoms with Gasteiger partial charge in [0.25, 0.3) is 5.56 Å². The third kappa shape index (κ3) is 1.37. The maximum Gasteiger partial charge on any atom is 0.259 e. The first-order valence-electron chi connectivity index (χ1n) is 4.82. The van der Waals surface area contributed by atoms with Crippen LogP contribution in [0.15, 0.2) is 41.2 Å². The van der Waals surface area contributed by atoms with Crippen LogP contribution in [0.25, 0.3) is 22.3 Å². The van der Waals surface area contributed by atoms with Crippen molar-refractivity contribution in [1.82, 2.24) is 9.97 Å². The summed E-state index contributed by atoms with van der Waals surface area (Å²) in [5, 5.41) is 1.22. The second kappa shape index (κ2) is 3.32. The molecule has 0 aliphatic rings. The lowest BCUT2D eigenvalue weighted by molar-refractivity contribution is 1.21. The van der Waals surface area contributed by atoms with Crippen LogP contribution in [0.5, 0.6) is 0 Å². The summed E-state index contributed by atoms with van der Waals surface area (Å²) in [4.78, 5) is 18.6. The summed E-state index contributed by atoms with van der Waals surface area (Å²) in [7, 11) is 0. The molecule has 0 unspecified atom stereocenters. The Hall–Kier alpha value is -1.87. The fraction of sp³-hybridized carbons (Fsp3) is 0. The molecule has 16 heavy (non-hydrogen) atoms. The number of hydrogen-bond donors (Lipinski definition) is 1. The number of fused-ring (bicyclic) bond motifs is 3. The van der Waals surface area contributed by atoms with Gasteiger partial charge in [0.1, 0.15) is 5.65 Å². The van der Waals surface area contributed by atoms with Crippen LogP contribution in [0.2, 0.25) is 5.02 Å². The number of aromatic amines is 1. The van der Waals surface area contributed by atoms with E-state index in [1.54, 1.807) is 24.3 Å². The van der Waals surface area contributed by atoms with Crippen molar-refractivity contribution < 1.29 is 0 Å². The molecule has 1 N–H and O–H groups in total. The lowest BCUT2D eigenvalue weighted by atomic mass is 10.1. The summed E-state index contributed by atoms with van der Waals surface area (Å²) in [6.45, 7) is 0. The number of benzene rings is 1. The van der Waals surface area contributed by atoms with Crippen LogP contribution in [0, 0.1) is 0 Å². The molecule has 3 aromatic heterocycles. The molecular formula is C12H7ClN2O. The van der Waals surface area contributed by atoms with E-state index in [1.807, 2.05) is 12.1 Å². The summed E-state index contributed by atoms with van der Waals surface area (Å²) in [6, 6.07) is 10.9. The number of hydrogen-bond acceptors (Lipinski definition) is 2. The van der Waals surface area contributed by atoms with Gasteiger partial charge in [-0.05, 0) is 24.3 Å². The average molecular weight is 231 g/mol. The number of pyridine rings is 2. The highest BCUT2D eigenvalue weighted by Crippen LogP contribution is 2.24. The van der Waals surface area contributed by atoms with E-state index in [2.05, 4.69) is 9.97 Å². The fourth-order valence-corrected chi connectivity index (χ4v) is 1.94. The molecule has 0 amide bonds. The maximum atomic E-state index is 11.6. The lowest BCUT2D eigenvalue weighted by Crippen LogP contribution is -2.10. The largest absolute Gasteiger partial charge is 0.306 e. The highest BCUT2D eigenvalue weighted by atomic mass is 35.5. The molecule has 4 heteroatoms. The van der Waals surface area contributed by atoms with Gasteiger partial charge in [-0.1, -0.05) is 23.7 Å². The number of nitrogens with zero attached hydrogens (tertiary/aromatic N) is 1. The van der Waals surface area contributed by atoms with Crippen LogP contribution in [-0.4, -0.2) is 9.97 Å². The molecule has 0 saturated carbocycles. The van der Waals surface area contributed by atoms with Crippen molar-refractivity contribution in [2.45, 2.75) is 0 Å². The van der Waals surface area contributed by atoms with Gasteiger partial charge in [0.2, 0.25) is 0 Å². The quantitative estimate of drug-likeness (QED) is 0.699. The predicted molar refractivity (Wildman–Crippen MR) is 64.0 cm³/mol. The Balaban J connectivity index is 2.33. The summed E-state index contributed by atoms with van der Waals surface area (Å²) in [5.74, 6) is 0. The van der Waals surface area contributed by atoms with Gasteiger partial charge in [0.05, 0.1) is 11.1 Å². The van der Waals surface area contributed by atoms with Crippen molar-refractivity contribution >= 4 is 22.6 Å². The van der Waals surface area contributed by atoms with Crippen molar-refractivity contribution in [1.29, 1.82) is 0 Å². The SMILES string of the molecule is O=c1[nH]c2ccc1c(-c1cccc(Cl)c1)n2. The molecule has 0 atom stereocenters. The Morgan fingerprint density at radius 1 is 1.19 bits per heavy atom. The molecule has 0 aliphatic heterocycles. The van der Waals surface area contributed by atoms with E-state index < -0.39 is 0 Å². The minimum Gasteiger partial charge on any atom is -0.306 e. The predicted octanol–water partition coefficient (Wildman–Crippen LogP) is 2.68. The molecule has 3 heterocycles. The van der Waals surface area contributed by atoms with Gasteiger partial charge in [-0.3, -0.25) is 4.79 Å². The number of rotatable bonds is 1. The molecule has 78 valence electrons. The molecule has 0 radical (unpaired) electrons. The second-order valence-corrected chi connectivity index (χ2v) is 3.99. The van der Waals surface area contributed by atoms with E-state index in [1.165, 1.54) is 0 Å². The summed E-state index contributed by atoms with van der Waals surface area (Å²) in [5.41, 5.74) is 2.01. The third-order valence-electron chi connectivity index (χ3n) is 2.48. The number of nitrogens with one attached hydrogen (secondary N) is 1. The Morgan fingerprint density at radius 2 is 2.06 bits per heavy atom. The second-order valence-electron chi connectivity index (χ2n) is 3.56. The number of halogens is 1. The van der Waals surface area contributed by atoms with Crippen LogP contribution in [0.3, 0.4) is 0 Å². The summed E-state index contributed by atoms with van der Waals surface area (Å²) >= 11 is 5.91. The first-order valence-corrected chi connectivity index (χ1v) is 5.20. The van der Waals surface area contributed by atoms with E-state index in [4.69, 9.17) is 11.6 Å². The smallest absolute Gasteiger partial charge is 0.259 e. The minimum atomic E-state index is -0.109. The Labute approximate surface area is 96.1 Å². The minimum absolute atomic E-state index is 0.109. The van der Waals surface area contributed by atoms with Crippen LogP contribution in [0.4, 0.5) is 0 Å². The van der Waals surface area contributed by atoms with Crippen molar-refractivity contribution in [2.75, 3.05) is 0 Å². The van der Waals surface area contributed by atoms with Crippen molar-refractivity contribution in [3.8, 4) is 11.3 Å². The topological polar surface area (TPSA) is 45.8 Å². The highest BCUT2D eigenvalue weighted by molar-refractivity contribution is 6.30. The monoisotopic (exact) mass is 230 g/mol. The van der Waals surface area contributed by atoms with E-state index in [0.717, 1.165) is 5.56 Å². The molecule has 4 rings (SSSR count). The summed E-state index contributed by atoms with van der Waals surface area (Å²) < 4.78 is 0. The molecule has 0 aliphatic carbocycles. The highest BCUT2D eigenvalue weighted by Gasteiger charge is 2.09. The normalized spacial score (nSPS) is 11.1. The van der Waals surface area contributed by atoms with Crippen molar-refractivity contribution in [3.63, 3.8) is 0 Å². The molecule has 2 bridgehead atoms. The first-order chi connectivity index (χ1) is 7.74. The Morgan fingerprint density at radius 3 is 2.75 bits per heavy atom. The Kier molecular flexibility index (Phi) is 1.94. The third-order valence-corrected chi connectivity index (χ3v) is 2.71. The zero-order valence-electron chi connectivity index (χ0n) is 8.20. The molecule has 3 nitrogen and oxygen atoms in total. The standard InChI is InChI=1S/C12H7ClN2O/c13-8-3-1-2-7(6-8)11-9-4-5-10(14-11)15-12(9)16/h1-6H,(H,14,15,16). The van der Waals surface area contributed by atoms with Gasteiger partial charge >= 0.3 is 0 Å². The van der Waals surface area contributed by atoms with Gasteiger partial charge in [-0.15, -0.1) is 0 Å². The van der Waals surface area contributed by atoms with Crippen molar-refractivity contribution in [2.24, 2.45) is 0 Å². The van der Waals surface area contributed by atoms with E-state index in [-0.39, 0.29) is 5.56 Å². The molecule has 0 saturated heterocycles. The zero-order valence-corrected chi connectivity index (χ0v) is 8.95. The maximum absolute atomic E-state index is 11.6. The first kappa shape index (κ1) is 9.36. The van der Waals surface area contributed by atoms with E-state index >= 15 is 0 Å². The van der Waals surface area contributed by atoms with Gasteiger partial charge < -0.3 is 4.98 Å². The molecular weight excluding hydrogens is 224 g/mol. The van der Waals surface area contributed by atoms with E-state index in [9.17, 15) is 4.79 Å². The molecule has 1 aromatic carbocycles. The van der Waals surface area contributed by atoms with Crippen LogP contribution in [-0.2, 0) is 0 Å². The van der Waals surface area contributed by atoms with Crippen molar-refractivity contribution in [3.05, 3.63) is 51.8 Å². The van der Waals surface area contributed by atoms with Gasteiger partial charge in [-0.25, -0.2) is 4.98 Å². The number of aromatic nitrogens is 2.